The first-order chi connectivity index (χ1) is 11.1. The van der Waals surface area contributed by atoms with Crippen LogP contribution >= 0.6 is 11.3 Å². The average molecular weight is 329 g/mol. The van der Waals surface area contributed by atoms with Gasteiger partial charge in [-0.1, -0.05) is 26.0 Å². The molecule has 1 aromatic heterocycles. The van der Waals surface area contributed by atoms with E-state index in [1.807, 2.05) is 12.1 Å². The molecule has 1 amide bonds. The van der Waals surface area contributed by atoms with Gasteiger partial charge in [-0.2, -0.15) is 0 Å². The van der Waals surface area contributed by atoms with Gasteiger partial charge in [-0.3, -0.25) is 4.79 Å². The number of methoxy groups -OCH3 is 1. The van der Waals surface area contributed by atoms with Crippen LogP contribution in [0, 0.1) is 5.92 Å². The van der Waals surface area contributed by atoms with Crippen LogP contribution in [0.2, 0.25) is 0 Å². The molecule has 3 rings (SSSR count). The molecular weight excluding hydrogens is 306 g/mol. The number of fused-ring (bicyclic) bond motifs is 1. The maximum absolute atomic E-state index is 12.8. The minimum Gasteiger partial charge on any atom is -0.497 e. The summed E-state index contributed by atoms with van der Waals surface area (Å²) in [5, 5.41) is 2.14. The molecule has 0 spiro atoms. The topological polar surface area (TPSA) is 29.5 Å². The fourth-order valence-electron chi connectivity index (χ4n) is 3.20. The van der Waals surface area contributed by atoms with Crippen molar-refractivity contribution in [3.8, 4) is 5.75 Å². The van der Waals surface area contributed by atoms with Crippen LogP contribution in [0.3, 0.4) is 0 Å². The van der Waals surface area contributed by atoms with Gasteiger partial charge < -0.3 is 9.64 Å². The average Bonchev–Trinajstić information content (AvgIpc) is 3.02. The Morgan fingerprint density at radius 2 is 2.04 bits per heavy atom. The highest BCUT2D eigenvalue weighted by atomic mass is 32.1. The van der Waals surface area contributed by atoms with E-state index >= 15 is 0 Å². The molecule has 0 fully saturated rings. The zero-order valence-corrected chi connectivity index (χ0v) is 14.7. The first-order valence-electron chi connectivity index (χ1n) is 8.10. The van der Waals surface area contributed by atoms with Gasteiger partial charge in [0.15, 0.2) is 0 Å². The van der Waals surface area contributed by atoms with Gasteiger partial charge in [-0.05, 0) is 47.0 Å². The number of benzene rings is 1. The molecule has 0 bridgehead atoms. The number of ether oxygens (including phenoxy) is 1. The summed E-state index contributed by atoms with van der Waals surface area (Å²) in [5.41, 5.74) is 2.44. The van der Waals surface area contributed by atoms with Crippen LogP contribution in [0.25, 0.3) is 0 Å². The Morgan fingerprint density at radius 3 is 2.70 bits per heavy atom. The molecule has 0 aliphatic carbocycles. The van der Waals surface area contributed by atoms with Crippen LogP contribution in [0.1, 0.15) is 42.3 Å². The quantitative estimate of drug-likeness (QED) is 0.838. The van der Waals surface area contributed by atoms with E-state index in [-0.39, 0.29) is 11.9 Å². The number of rotatable bonds is 4. The second-order valence-corrected chi connectivity index (χ2v) is 7.41. The second-order valence-electron chi connectivity index (χ2n) is 6.41. The van der Waals surface area contributed by atoms with Crippen molar-refractivity contribution >= 4 is 17.2 Å². The predicted molar refractivity (Wildman–Crippen MR) is 94.0 cm³/mol. The molecule has 0 saturated carbocycles. The number of carbonyl (C=O) groups is 1. The van der Waals surface area contributed by atoms with Gasteiger partial charge in [-0.15, -0.1) is 11.3 Å². The van der Waals surface area contributed by atoms with Crippen molar-refractivity contribution in [2.75, 3.05) is 13.7 Å². The molecule has 1 atom stereocenters. The molecule has 23 heavy (non-hydrogen) atoms. The fourth-order valence-corrected chi connectivity index (χ4v) is 4.10. The monoisotopic (exact) mass is 329 g/mol. The van der Waals surface area contributed by atoms with Crippen LogP contribution in [0.15, 0.2) is 35.7 Å². The minimum atomic E-state index is 0.0298. The standard InChI is InChI=1S/C19H23NO2S/c1-13(2)12-18(21)20-10-8-17-16(9-11-23-17)19(20)14-4-6-15(22-3)7-5-14/h4-7,9,11,13,19H,8,10,12H2,1-3H3. The van der Waals surface area contributed by atoms with Crippen LogP contribution in [-0.4, -0.2) is 24.5 Å². The summed E-state index contributed by atoms with van der Waals surface area (Å²) < 4.78 is 5.26. The zero-order chi connectivity index (χ0) is 16.4. The van der Waals surface area contributed by atoms with Gasteiger partial charge >= 0.3 is 0 Å². The smallest absolute Gasteiger partial charge is 0.223 e. The van der Waals surface area contributed by atoms with Crippen LogP contribution in [0.4, 0.5) is 0 Å². The molecule has 122 valence electrons. The van der Waals surface area contributed by atoms with E-state index in [4.69, 9.17) is 4.74 Å². The number of thiophene rings is 1. The van der Waals surface area contributed by atoms with E-state index in [0.717, 1.165) is 24.3 Å². The number of hydrogen-bond acceptors (Lipinski definition) is 3. The lowest BCUT2D eigenvalue weighted by Gasteiger charge is -2.37. The number of nitrogens with zero attached hydrogens (tertiary/aromatic N) is 1. The van der Waals surface area contributed by atoms with Crippen LogP contribution < -0.4 is 4.74 Å². The minimum absolute atomic E-state index is 0.0298. The Balaban J connectivity index is 1.97. The first-order valence-corrected chi connectivity index (χ1v) is 8.97. The first kappa shape index (κ1) is 16.1. The molecule has 1 unspecified atom stereocenters. The van der Waals surface area contributed by atoms with Gasteiger partial charge in [0.2, 0.25) is 5.91 Å². The highest BCUT2D eigenvalue weighted by Crippen LogP contribution is 2.38. The summed E-state index contributed by atoms with van der Waals surface area (Å²) in [6.45, 7) is 5.00. The summed E-state index contributed by atoms with van der Waals surface area (Å²) in [6.07, 6.45) is 1.57. The Kier molecular flexibility index (Phi) is 4.71. The lowest BCUT2D eigenvalue weighted by molar-refractivity contribution is -0.134. The van der Waals surface area contributed by atoms with Crippen molar-refractivity contribution in [1.29, 1.82) is 0 Å². The highest BCUT2D eigenvalue weighted by molar-refractivity contribution is 7.10. The molecule has 1 aliphatic rings. The largest absolute Gasteiger partial charge is 0.497 e. The molecule has 2 aromatic rings. The van der Waals surface area contributed by atoms with Crippen molar-refractivity contribution in [1.82, 2.24) is 4.90 Å². The number of hydrogen-bond donors (Lipinski definition) is 0. The lowest BCUT2D eigenvalue weighted by Crippen LogP contribution is -2.40. The highest BCUT2D eigenvalue weighted by Gasteiger charge is 2.32. The van der Waals surface area contributed by atoms with Crippen molar-refractivity contribution in [3.63, 3.8) is 0 Å². The summed E-state index contributed by atoms with van der Waals surface area (Å²) in [5.74, 6) is 1.47. The summed E-state index contributed by atoms with van der Waals surface area (Å²) >= 11 is 1.80. The van der Waals surface area contributed by atoms with E-state index < -0.39 is 0 Å². The number of carbonyl (C=O) groups excluding carboxylic acids is 1. The molecule has 0 radical (unpaired) electrons. The third-order valence-electron chi connectivity index (χ3n) is 4.30. The van der Waals surface area contributed by atoms with Crippen LogP contribution in [0.5, 0.6) is 5.75 Å². The van der Waals surface area contributed by atoms with E-state index in [1.54, 1.807) is 18.4 Å². The van der Waals surface area contributed by atoms with E-state index in [0.29, 0.717) is 12.3 Å². The normalized spacial score (nSPS) is 17.2. The Hall–Kier alpha value is -1.81. The Labute approximate surface area is 141 Å². The molecule has 0 saturated heterocycles. The molecule has 1 aromatic carbocycles. The summed E-state index contributed by atoms with van der Waals surface area (Å²) in [6, 6.07) is 10.3. The van der Waals surface area contributed by atoms with Crippen molar-refractivity contribution in [2.45, 2.75) is 32.7 Å². The fraction of sp³-hybridized carbons (Fsp3) is 0.421. The second kappa shape index (κ2) is 6.75. The lowest BCUT2D eigenvalue weighted by atomic mass is 9.92. The van der Waals surface area contributed by atoms with Crippen molar-refractivity contribution in [2.24, 2.45) is 5.92 Å². The van der Waals surface area contributed by atoms with Gasteiger partial charge in [0.25, 0.3) is 0 Å². The molecule has 1 aliphatic heterocycles. The van der Waals surface area contributed by atoms with E-state index in [9.17, 15) is 4.79 Å². The summed E-state index contributed by atoms with van der Waals surface area (Å²) in [4.78, 5) is 16.2. The van der Waals surface area contributed by atoms with Gasteiger partial charge in [-0.25, -0.2) is 0 Å². The van der Waals surface area contributed by atoms with E-state index in [2.05, 4.69) is 42.3 Å². The van der Waals surface area contributed by atoms with Gasteiger partial charge in [0.05, 0.1) is 13.2 Å². The maximum Gasteiger partial charge on any atom is 0.223 e. The molecular formula is C19H23NO2S. The Morgan fingerprint density at radius 1 is 1.30 bits per heavy atom. The van der Waals surface area contributed by atoms with Gasteiger partial charge in [0.1, 0.15) is 5.75 Å². The predicted octanol–water partition coefficient (Wildman–Crippen LogP) is 4.28. The molecule has 2 heterocycles. The van der Waals surface area contributed by atoms with Crippen molar-refractivity contribution in [3.05, 3.63) is 51.7 Å². The third kappa shape index (κ3) is 3.27. The van der Waals surface area contributed by atoms with Crippen LogP contribution in [-0.2, 0) is 11.2 Å². The molecule has 4 heteroatoms. The molecule has 0 N–H and O–H groups in total. The Bertz CT molecular complexity index is 675. The molecule has 3 nitrogen and oxygen atoms in total. The summed E-state index contributed by atoms with van der Waals surface area (Å²) in [7, 11) is 1.67. The van der Waals surface area contributed by atoms with Gasteiger partial charge in [0, 0.05) is 17.8 Å². The number of amides is 1. The SMILES string of the molecule is COc1ccc(C2c3ccsc3CCN2C(=O)CC(C)C)cc1. The van der Waals surface area contributed by atoms with Crippen molar-refractivity contribution < 1.29 is 9.53 Å². The maximum atomic E-state index is 12.8. The van der Waals surface area contributed by atoms with E-state index in [1.165, 1.54) is 10.4 Å². The zero-order valence-electron chi connectivity index (χ0n) is 13.9. The third-order valence-corrected chi connectivity index (χ3v) is 5.30.